The van der Waals surface area contributed by atoms with Crippen LogP contribution in [0.3, 0.4) is 0 Å². The van der Waals surface area contributed by atoms with E-state index >= 15 is 0 Å². The van der Waals surface area contributed by atoms with Crippen molar-refractivity contribution in [3.8, 4) is 10.6 Å². The van der Waals surface area contributed by atoms with Gasteiger partial charge in [0.25, 0.3) is 0 Å². The molecule has 1 amide bonds. The molecule has 1 atom stereocenters. The quantitative estimate of drug-likeness (QED) is 0.818. The van der Waals surface area contributed by atoms with Gasteiger partial charge in [0, 0.05) is 24.4 Å². The molecule has 2 aromatic rings. The Morgan fingerprint density at radius 2 is 2.08 bits per heavy atom. The molecule has 0 saturated carbocycles. The standard InChI is InChI=1S/C17H20N2O3S2/c1-19(16(20)9-13-7-8-24(21,22)12-13)10-15-11-23-17(18-15)14-5-3-2-4-6-14/h2-6,11,13H,7-10,12H2,1H3/t13-/m1/s1. The topological polar surface area (TPSA) is 67.3 Å². The normalized spacial score (nSPS) is 19.3. The fourth-order valence-corrected chi connectivity index (χ4v) is 5.54. The predicted octanol–water partition coefficient (Wildman–Crippen LogP) is 2.59. The zero-order valence-electron chi connectivity index (χ0n) is 13.5. The van der Waals surface area contributed by atoms with E-state index in [0.717, 1.165) is 16.3 Å². The average Bonchev–Trinajstić information content (AvgIpc) is 3.14. The van der Waals surface area contributed by atoms with Gasteiger partial charge in [-0.3, -0.25) is 4.79 Å². The molecule has 128 valence electrons. The van der Waals surface area contributed by atoms with Gasteiger partial charge >= 0.3 is 0 Å². The average molecular weight is 364 g/mol. The number of hydrogen-bond donors (Lipinski definition) is 0. The Kier molecular flexibility index (Phi) is 5.01. The molecule has 1 aromatic carbocycles. The molecular formula is C17H20N2O3S2. The number of thiazole rings is 1. The molecule has 1 saturated heterocycles. The van der Waals surface area contributed by atoms with E-state index in [1.165, 1.54) is 0 Å². The van der Waals surface area contributed by atoms with E-state index < -0.39 is 9.84 Å². The minimum absolute atomic E-state index is 0.0219. The van der Waals surface area contributed by atoms with Crippen molar-refractivity contribution in [2.45, 2.75) is 19.4 Å². The highest BCUT2D eigenvalue weighted by Crippen LogP contribution is 2.25. The number of sulfone groups is 1. The molecule has 0 aliphatic carbocycles. The fourth-order valence-electron chi connectivity index (χ4n) is 2.86. The summed E-state index contributed by atoms with van der Waals surface area (Å²) in [5.74, 6) is 0.287. The molecule has 3 rings (SSSR count). The maximum absolute atomic E-state index is 12.3. The fraction of sp³-hybridized carbons (Fsp3) is 0.412. The Morgan fingerprint density at radius 1 is 1.33 bits per heavy atom. The SMILES string of the molecule is CN(Cc1csc(-c2ccccc2)n1)C(=O)C[C@H]1CCS(=O)(=O)C1. The molecule has 0 spiro atoms. The lowest BCUT2D eigenvalue weighted by molar-refractivity contribution is -0.131. The van der Waals surface area contributed by atoms with Crippen LogP contribution in [0.1, 0.15) is 18.5 Å². The van der Waals surface area contributed by atoms with E-state index in [2.05, 4.69) is 4.98 Å². The van der Waals surface area contributed by atoms with Crippen LogP contribution >= 0.6 is 11.3 Å². The molecule has 1 aliphatic heterocycles. The summed E-state index contributed by atoms with van der Waals surface area (Å²) in [5, 5.41) is 2.90. The second-order valence-corrected chi connectivity index (χ2v) is 9.32. The van der Waals surface area contributed by atoms with Crippen molar-refractivity contribution in [1.82, 2.24) is 9.88 Å². The summed E-state index contributed by atoms with van der Waals surface area (Å²) in [7, 11) is -1.19. The molecule has 1 fully saturated rings. The highest BCUT2D eigenvalue weighted by Gasteiger charge is 2.30. The smallest absolute Gasteiger partial charge is 0.222 e. The van der Waals surface area contributed by atoms with Gasteiger partial charge in [-0.2, -0.15) is 0 Å². The lowest BCUT2D eigenvalue weighted by Crippen LogP contribution is -2.28. The zero-order valence-corrected chi connectivity index (χ0v) is 15.1. The molecule has 24 heavy (non-hydrogen) atoms. The van der Waals surface area contributed by atoms with E-state index in [1.807, 2.05) is 35.7 Å². The predicted molar refractivity (Wildman–Crippen MR) is 95.4 cm³/mol. The van der Waals surface area contributed by atoms with Crippen molar-refractivity contribution < 1.29 is 13.2 Å². The van der Waals surface area contributed by atoms with Gasteiger partial charge in [0.15, 0.2) is 9.84 Å². The van der Waals surface area contributed by atoms with Crippen LogP contribution in [-0.2, 0) is 21.2 Å². The lowest BCUT2D eigenvalue weighted by atomic mass is 10.0. The first-order chi connectivity index (χ1) is 11.4. The zero-order chi connectivity index (χ0) is 17.2. The number of nitrogens with zero attached hydrogens (tertiary/aromatic N) is 2. The van der Waals surface area contributed by atoms with Crippen LogP contribution in [0.2, 0.25) is 0 Å². The summed E-state index contributed by atoms with van der Waals surface area (Å²) in [5.41, 5.74) is 1.92. The van der Waals surface area contributed by atoms with Crippen molar-refractivity contribution >= 4 is 27.1 Å². The van der Waals surface area contributed by atoms with Gasteiger partial charge in [0.2, 0.25) is 5.91 Å². The maximum Gasteiger partial charge on any atom is 0.222 e. The van der Waals surface area contributed by atoms with Gasteiger partial charge in [-0.25, -0.2) is 13.4 Å². The van der Waals surface area contributed by atoms with Gasteiger partial charge in [-0.05, 0) is 12.3 Å². The number of rotatable bonds is 5. The van der Waals surface area contributed by atoms with Crippen LogP contribution in [0.4, 0.5) is 0 Å². The molecule has 1 aromatic heterocycles. The van der Waals surface area contributed by atoms with Gasteiger partial charge in [-0.1, -0.05) is 30.3 Å². The van der Waals surface area contributed by atoms with E-state index in [9.17, 15) is 13.2 Å². The first-order valence-electron chi connectivity index (χ1n) is 7.87. The van der Waals surface area contributed by atoms with Crippen LogP contribution in [0, 0.1) is 5.92 Å². The molecule has 0 unspecified atom stereocenters. The van der Waals surface area contributed by atoms with Gasteiger partial charge < -0.3 is 4.90 Å². The van der Waals surface area contributed by atoms with Crippen LogP contribution < -0.4 is 0 Å². The largest absolute Gasteiger partial charge is 0.340 e. The Morgan fingerprint density at radius 3 is 2.75 bits per heavy atom. The highest BCUT2D eigenvalue weighted by atomic mass is 32.2. The maximum atomic E-state index is 12.3. The highest BCUT2D eigenvalue weighted by molar-refractivity contribution is 7.91. The number of aromatic nitrogens is 1. The van der Waals surface area contributed by atoms with Crippen LogP contribution in [0.25, 0.3) is 10.6 Å². The molecule has 2 heterocycles. The Bertz CT molecular complexity index is 815. The molecular weight excluding hydrogens is 344 g/mol. The summed E-state index contributed by atoms with van der Waals surface area (Å²) >= 11 is 1.56. The van der Waals surface area contributed by atoms with Crippen molar-refractivity contribution in [2.75, 3.05) is 18.6 Å². The Labute approximate surface area is 146 Å². The van der Waals surface area contributed by atoms with Crippen molar-refractivity contribution in [2.24, 2.45) is 5.92 Å². The second-order valence-electron chi connectivity index (χ2n) is 6.23. The molecule has 0 radical (unpaired) electrons. The third-order valence-corrected chi connectivity index (χ3v) is 6.96. The third-order valence-electron chi connectivity index (χ3n) is 4.19. The molecule has 5 nitrogen and oxygen atoms in total. The first-order valence-corrected chi connectivity index (χ1v) is 10.6. The summed E-state index contributed by atoms with van der Waals surface area (Å²) in [6.07, 6.45) is 0.891. The second kappa shape index (κ2) is 7.03. The Balaban J connectivity index is 1.58. The number of carbonyl (C=O) groups is 1. The monoisotopic (exact) mass is 364 g/mol. The minimum atomic E-state index is -2.93. The van der Waals surface area contributed by atoms with Crippen LogP contribution in [0.5, 0.6) is 0 Å². The molecule has 0 N–H and O–H groups in total. The molecule has 1 aliphatic rings. The van der Waals surface area contributed by atoms with E-state index in [1.54, 1.807) is 23.3 Å². The Hall–Kier alpha value is -1.73. The summed E-state index contributed by atoms with van der Waals surface area (Å²) in [6.45, 7) is 0.446. The molecule has 7 heteroatoms. The van der Waals surface area contributed by atoms with Crippen molar-refractivity contribution in [1.29, 1.82) is 0 Å². The number of amides is 1. The van der Waals surface area contributed by atoms with Crippen LogP contribution in [0.15, 0.2) is 35.7 Å². The number of carbonyl (C=O) groups excluding carboxylic acids is 1. The minimum Gasteiger partial charge on any atom is -0.340 e. The first kappa shape index (κ1) is 17.1. The van der Waals surface area contributed by atoms with Crippen LogP contribution in [-0.4, -0.2) is 42.8 Å². The van der Waals surface area contributed by atoms with Crippen molar-refractivity contribution in [3.63, 3.8) is 0 Å². The lowest BCUT2D eigenvalue weighted by Gasteiger charge is -2.17. The summed E-state index contributed by atoms with van der Waals surface area (Å²) < 4.78 is 23.0. The summed E-state index contributed by atoms with van der Waals surface area (Å²) in [6, 6.07) is 9.94. The number of hydrogen-bond acceptors (Lipinski definition) is 5. The van der Waals surface area contributed by atoms with Gasteiger partial charge in [0.1, 0.15) is 5.01 Å². The summed E-state index contributed by atoms with van der Waals surface area (Å²) in [4.78, 5) is 18.5. The van der Waals surface area contributed by atoms with E-state index in [0.29, 0.717) is 19.4 Å². The number of benzene rings is 1. The third kappa shape index (κ3) is 4.21. The molecule has 0 bridgehead atoms. The van der Waals surface area contributed by atoms with E-state index in [-0.39, 0.29) is 23.3 Å². The van der Waals surface area contributed by atoms with Gasteiger partial charge in [0.05, 0.1) is 23.7 Å². The van der Waals surface area contributed by atoms with Crippen molar-refractivity contribution in [3.05, 3.63) is 41.4 Å². The van der Waals surface area contributed by atoms with Gasteiger partial charge in [-0.15, -0.1) is 11.3 Å². The van der Waals surface area contributed by atoms with E-state index in [4.69, 9.17) is 0 Å².